The molecule has 5 rings (SSSR count). The minimum absolute atomic E-state index is 0.0115. The van der Waals surface area contributed by atoms with Crippen molar-refractivity contribution in [3.05, 3.63) is 47.0 Å². The Hall–Kier alpha value is -1.96. The van der Waals surface area contributed by atoms with Gasteiger partial charge in [0, 0.05) is 44.8 Å². The van der Waals surface area contributed by atoms with Gasteiger partial charge >= 0.3 is 0 Å². The molecule has 2 fully saturated rings. The molecule has 0 bridgehead atoms. The Morgan fingerprint density at radius 2 is 1.37 bits per heavy atom. The van der Waals surface area contributed by atoms with Crippen molar-refractivity contribution in [1.29, 1.82) is 0 Å². The number of hydrogen-bond acceptors (Lipinski definition) is 3. The smallest absolute Gasteiger partial charge is 0.282 e. The monoisotopic (exact) mass is 427 g/mol. The fourth-order valence-electron chi connectivity index (χ4n) is 5.16. The van der Waals surface area contributed by atoms with E-state index in [1.54, 1.807) is 8.61 Å². The molecule has 2 aromatic carbocycles. The van der Waals surface area contributed by atoms with Crippen molar-refractivity contribution in [2.75, 3.05) is 39.3 Å². The summed E-state index contributed by atoms with van der Waals surface area (Å²) >= 11 is 0. The van der Waals surface area contributed by atoms with Gasteiger partial charge in [0.1, 0.15) is 0 Å². The second-order valence-electron chi connectivity index (χ2n) is 8.62. The van der Waals surface area contributed by atoms with Crippen molar-refractivity contribution in [2.24, 2.45) is 0 Å². The van der Waals surface area contributed by atoms with Gasteiger partial charge in [-0.1, -0.05) is 37.1 Å². The van der Waals surface area contributed by atoms with Crippen molar-refractivity contribution in [3.8, 4) is 0 Å². The van der Waals surface area contributed by atoms with E-state index in [4.69, 9.17) is 0 Å². The number of nitrogens with zero attached hydrogens (tertiary/aromatic N) is 3. The molecule has 0 spiro atoms. The summed E-state index contributed by atoms with van der Waals surface area (Å²) in [5.74, 6) is 0.0115. The average molecular weight is 428 g/mol. The first-order chi connectivity index (χ1) is 14.6. The van der Waals surface area contributed by atoms with E-state index in [9.17, 15) is 13.2 Å². The second kappa shape index (κ2) is 7.94. The van der Waals surface area contributed by atoms with Crippen LogP contribution < -0.4 is 0 Å². The number of amides is 1. The van der Waals surface area contributed by atoms with Gasteiger partial charge in [-0.2, -0.15) is 17.0 Å². The molecule has 0 atom stereocenters. The number of aryl methyl sites for hydroxylation is 2. The predicted octanol–water partition coefficient (Wildman–Crippen LogP) is 2.82. The van der Waals surface area contributed by atoms with Crippen LogP contribution in [-0.4, -0.2) is 67.1 Å². The lowest BCUT2D eigenvalue weighted by molar-refractivity contribution is 0.0696. The van der Waals surface area contributed by atoms with E-state index in [0.29, 0.717) is 39.3 Å². The van der Waals surface area contributed by atoms with Crippen LogP contribution in [0.2, 0.25) is 0 Å². The van der Waals surface area contributed by atoms with E-state index in [1.165, 1.54) is 16.5 Å². The Morgan fingerprint density at radius 3 is 2.07 bits per heavy atom. The maximum atomic E-state index is 13.3. The third kappa shape index (κ3) is 3.43. The van der Waals surface area contributed by atoms with Crippen molar-refractivity contribution in [1.82, 2.24) is 13.5 Å². The summed E-state index contributed by atoms with van der Waals surface area (Å²) in [5.41, 5.74) is 3.39. The summed E-state index contributed by atoms with van der Waals surface area (Å²) < 4.78 is 29.3. The number of hydrogen-bond donors (Lipinski definition) is 0. The second-order valence-corrected chi connectivity index (χ2v) is 10.6. The van der Waals surface area contributed by atoms with E-state index >= 15 is 0 Å². The third-order valence-electron chi connectivity index (χ3n) is 6.85. The fourth-order valence-corrected chi connectivity index (χ4v) is 6.83. The number of piperazine rings is 1. The Bertz CT molecular complexity index is 1060. The zero-order valence-electron chi connectivity index (χ0n) is 17.3. The quantitative estimate of drug-likeness (QED) is 0.757. The Labute approximate surface area is 178 Å². The van der Waals surface area contributed by atoms with Gasteiger partial charge in [0.2, 0.25) is 0 Å². The SMILES string of the molecule is O=C(c1ccc2c3c(cccc13)CC2)N1CCN(S(=O)(=O)N2CCCCCC2)CC1. The first-order valence-corrected chi connectivity index (χ1v) is 12.5. The molecular weight excluding hydrogens is 398 g/mol. The van der Waals surface area contributed by atoms with Gasteiger partial charge in [0.05, 0.1) is 0 Å². The van der Waals surface area contributed by atoms with Crippen LogP contribution in [0.25, 0.3) is 10.8 Å². The van der Waals surface area contributed by atoms with Crippen molar-refractivity contribution < 1.29 is 13.2 Å². The molecule has 0 saturated carbocycles. The summed E-state index contributed by atoms with van der Waals surface area (Å²) in [5, 5.41) is 2.28. The van der Waals surface area contributed by atoms with E-state index < -0.39 is 10.2 Å². The van der Waals surface area contributed by atoms with Crippen LogP contribution in [0.15, 0.2) is 30.3 Å². The van der Waals surface area contributed by atoms with Crippen molar-refractivity contribution in [3.63, 3.8) is 0 Å². The van der Waals surface area contributed by atoms with Gasteiger partial charge in [0.15, 0.2) is 0 Å². The molecule has 0 N–H and O–H groups in total. The predicted molar refractivity (Wildman–Crippen MR) is 118 cm³/mol. The molecule has 3 aliphatic rings. The summed E-state index contributed by atoms with van der Waals surface area (Å²) in [7, 11) is -3.43. The zero-order valence-corrected chi connectivity index (χ0v) is 18.2. The number of rotatable bonds is 3. The fraction of sp³-hybridized carbons (Fsp3) is 0.522. The van der Waals surface area contributed by atoms with Crippen LogP contribution in [0.5, 0.6) is 0 Å². The van der Waals surface area contributed by atoms with E-state index in [-0.39, 0.29) is 5.91 Å². The molecule has 6 nitrogen and oxygen atoms in total. The van der Waals surface area contributed by atoms with Gasteiger partial charge in [-0.3, -0.25) is 4.79 Å². The molecule has 0 aromatic heterocycles. The van der Waals surface area contributed by atoms with Crippen LogP contribution in [-0.2, 0) is 23.1 Å². The normalized spacial score (nSPS) is 21.1. The van der Waals surface area contributed by atoms with Gasteiger partial charge in [-0.05, 0) is 53.6 Å². The minimum atomic E-state index is -3.43. The molecular formula is C23H29N3O3S. The summed E-state index contributed by atoms with van der Waals surface area (Å²) in [6.45, 7) is 2.84. The molecule has 2 heterocycles. The number of carbonyl (C=O) groups is 1. The van der Waals surface area contributed by atoms with Gasteiger partial charge in [-0.25, -0.2) is 0 Å². The summed E-state index contributed by atoms with van der Waals surface area (Å²) in [4.78, 5) is 15.1. The van der Waals surface area contributed by atoms with Gasteiger partial charge in [-0.15, -0.1) is 0 Å². The Morgan fingerprint density at radius 1 is 0.733 bits per heavy atom. The average Bonchev–Trinajstić information content (AvgIpc) is 2.99. The van der Waals surface area contributed by atoms with Crippen LogP contribution in [0.1, 0.15) is 47.2 Å². The van der Waals surface area contributed by atoms with E-state index in [0.717, 1.165) is 49.5 Å². The molecule has 0 unspecified atom stereocenters. The number of carbonyl (C=O) groups excluding carboxylic acids is 1. The van der Waals surface area contributed by atoms with E-state index in [2.05, 4.69) is 12.1 Å². The van der Waals surface area contributed by atoms with Crippen LogP contribution >= 0.6 is 0 Å². The summed E-state index contributed by atoms with van der Waals surface area (Å²) in [6.07, 6.45) is 6.14. The largest absolute Gasteiger partial charge is 0.336 e. The molecule has 1 amide bonds. The minimum Gasteiger partial charge on any atom is -0.336 e. The highest BCUT2D eigenvalue weighted by Gasteiger charge is 2.34. The molecule has 2 saturated heterocycles. The molecule has 2 aromatic rings. The molecule has 30 heavy (non-hydrogen) atoms. The third-order valence-corrected chi connectivity index (χ3v) is 8.89. The van der Waals surface area contributed by atoms with Crippen molar-refractivity contribution >= 4 is 26.9 Å². The highest BCUT2D eigenvalue weighted by Crippen LogP contribution is 2.33. The Kier molecular flexibility index (Phi) is 5.29. The first kappa shape index (κ1) is 20.0. The topological polar surface area (TPSA) is 60.9 Å². The molecule has 1 aliphatic carbocycles. The van der Waals surface area contributed by atoms with E-state index in [1.807, 2.05) is 23.1 Å². The molecule has 7 heteroatoms. The van der Waals surface area contributed by atoms with Gasteiger partial charge in [0.25, 0.3) is 16.1 Å². The van der Waals surface area contributed by atoms with Crippen molar-refractivity contribution in [2.45, 2.75) is 38.5 Å². The molecule has 2 aliphatic heterocycles. The molecule has 0 radical (unpaired) electrons. The highest BCUT2D eigenvalue weighted by molar-refractivity contribution is 7.86. The first-order valence-electron chi connectivity index (χ1n) is 11.1. The van der Waals surface area contributed by atoms with Crippen LogP contribution in [0, 0.1) is 0 Å². The van der Waals surface area contributed by atoms with Crippen LogP contribution in [0.4, 0.5) is 0 Å². The Balaban J connectivity index is 1.32. The lowest BCUT2D eigenvalue weighted by atomic mass is 9.99. The summed E-state index contributed by atoms with van der Waals surface area (Å²) in [6, 6.07) is 10.3. The maximum Gasteiger partial charge on any atom is 0.282 e. The number of benzene rings is 2. The zero-order chi connectivity index (χ0) is 20.7. The lowest BCUT2D eigenvalue weighted by Crippen LogP contribution is -2.54. The van der Waals surface area contributed by atoms with Crippen LogP contribution in [0.3, 0.4) is 0 Å². The standard InChI is InChI=1S/C23H29N3O3S/c27-23(21-11-10-19-9-8-18-6-5-7-20(21)22(18)19)24-14-16-26(17-15-24)30(28,29)25-12-3-1-2-4-13-25/h5-7,10-11H,1-4,8-9,12-17H2. The molecule has 160 valence electrons. The van der Waals surface area contributed by atoms with Gasteiger partial charge < -0.3 is 4.90 Å². The lowest BCUT2D eigenvalue weighted by Gasteiger charge is -2.36. The highest BCUT2D eigenvalue weighted by atomic mass is 32.2. The maximum absolute atomic E-state index is 13.3.